The number of rotatable bonds is 42. The van der Waals surface area contributed by atoms with Crippen molar-refractivity contribution in [1.82, 2.24) is 0 Å². The minimum Gasteiger partial charge on any atom is -0.545 e. The van der Waals surface area contributed by atoms with Crippen LogP contribution in [0.3, 0.4) is 0 Å². The molecule has 0 spiro atoms. The smallest absolute Gasteiger partial charge is 0.306 e. The number of carboxylic acids is 1. The van der Waals surface area contributed by atoms with Crippen LogP contribution < -0.4 is 5.11 Å². The summed E-state index contributed by atoms with van der Waals surface area (Å²) in [5, 5.41) is 11.7. The van der Waals surface area contributed by atoms with Crippen molar-refractivity contribution in [2.75, 3.05) is 47.5 Å². The molecule has 0 fully saturated rings. The lowest BCUT2D eigenvalue weighted by Gasteiger charge is -2.26. The Morgan fingerprint density at radius 2 is 0.983 bits per heavy atom. The second-order valence-corrected chi connectivity index (χ2v) is 16.7. The first kappa shape index (κ1) is 55.2. The van der Waals surface area contributed by atoms with Gasteiger partial charge in [0.25, 0.3) is 0 Å². The number of carboxylic acid groups (broad SMARTS) is 1. The van der Waals surface area contributed by atoms with E-state index in [0.29, 0.717) is 23.9 Å². The molecular weight excluding hydrogens is 731 g/mol. The van der Waals surface area contributed by atoms with Crippen LogP contribution in [0.15, 0.2) is 48.6 Å². The molecule has 0 saturated heterocycles. The molecule has 9 heteroatoms. The molecule has 2 unspecified atom stereocenters. The van der Waals surface area contributed by atoms with Crippen molar-refractivity contribution >= 4 is 17.9 Å². The van der Waals surface area contributed by atoms with Crippen LogP contribution in [0.4, 0.5) is 0 Å². The van der Waals surface area contributed by atoms with E-state index in [-0.39, 0.29) is 32.2 Å². The van der Waals surface area contributed by atoms with Gasteiger partial charge in [0.2, 0.25) is 0 Å². The van der Waals surface area contributed by atoms with E-state index in [1.165, 1.54) is 70.6 Å². The van der Waals surface area contributed by atoms with Crippen molar-refractivity contribution < 1.29 is 42.9 Å². The minimum absolute atomic E-state index is 0.144. The van der Waals surface area contributed by atoms with Gasteiger partial charge in [-0.2, -0.15) is 0 Å². The quantitative estimate of drug-likeness (QED) is 0.0197. The lowest BCUT2D eigenvalue weighted by atomic mass is 10.0. The van der Waals surface area contributed by atoms with Crippen molar-refractivity contribution in [1.29, 1.82) is 0 Å². The standard InChI is InChI=1S/C49H87NO8/c1-6-8-10-12-14-16-18-20-22-23-24-25-26-28-30-32-34-36-38-40-47(52)58-45(44-57-49(48(53)54)55-42-41-50(3,4)5)43-56-46(51)39-37-35-33-31-29-27-21-19-17-15-13-11-9-7-2/h8,10,14,16,20,22,24-25,45,49H,6-7,9,11-13,15,17-19,21,23,26-44H2,1-5H3/b10-8-,16-14-,22-20-,25-24-. The third-order valence-corrected chi connectivity index (χ3v) is 9.84. The van der Waals surface area contributed by atoms with E-state index in [2.05, 4.69) is 62.5 Å². The van der Waals surface area contributed by atoms with Crippen LogP contribution in [0.25, 0.3) is 0 Å². The van der Waals surface area contributed by atoms with Gasteiger partial charge < -0.3 is 33.3 Å². The van der Waals surface area contributed by atoms with Crippen molar-refractivity contribution in [2.24, 2.45) is 0 Å². The summed E-state index contributed by atoms with van der Waals surface area (Å²) in [5.41, 5.74) is 0. The van der Waals surface area contributed by atoms with E-state index in [4.69, 9.17) is 18.9 Å². The summed E-state index contributed by atoms with van der Waals surface area (Å²) < 4.78 is 22.6. The van der Waals surface area contributed by atoms with Crippen LogP contribution in [0, 0.1) is 0 Å². The summed E-state index contributed by atoms with van der Waals surface area (Å²) in [7, 11) is 5.90. The highest BCUT2D eigenvalue weighted by atomic mass is 16.7. The zero-order valence-corrected chi connectivity index (χ0v) is 37.9. The summed E-state index contributed by atoms with van der Waals surface area (Å²) in [6, 6.07) is 0. The number of unbranched alkanes of at least 4 members (excludes halogenated alkanes) is 19. The molecule has 0 saturated carbocycles. The maximum atomic E-state index is 12.8. The number of carbonyl (C=O) groups is 3. The Labute approximate surface area is 355 Å². The monoisotopic (exact) mass is 818 g/mol. The molecule has 0 bridgehead atoms. The maximum absolute atomic E-state index is 12.8. The number of hydrogen-bond acceptors (Lipinski definition) is 8. The number of quaternary nitrogens is 1. The molecule has 58 heavy (non-hydrogen) atoms. The fourth-order valence-corrected chi connectivity index (χ4v) is 6.23. The van der Waals surface area contributed by atoms with Crippen LogP contribution in [-0.2, 0) is 33.3 Å². The molecule has 0 rings (SSSR count). The van der Waals surface area contributed by atoms with Crippen molar-refractivity contribution in [3.8, 4) is 0 Å². The number of nitrogens with zero attached hydrogens (tertiary/aromatic N) is 1. The molecule has 0 aliphatic rings. The van der Waals surface area contributed by atoms with E-state index >= 15 is 0 Å². The molecule has 0 aliphatic carbocycles. The summed E-state index contributed by atoms with van der Waals surface area (Å²) in [6.07, 6.45) is 44.2. The van der Waals surface area contributed by atoms with Gasteiger partial charge in [-0.3, -0.25) is 9.59 Å². The van der Waals surface area contributed by atoms with E-state index in [0.717, 1.165) is 83.5 Å². The predicted molar refractivity (Wildman–Crippen MR) is 237 cm³/mol. The first-order valence-electron chi connectivity index (χ1n) is 23.3. The third kappa shape index (κ3) is 41.4. The summed E-state index contributed by atoms with van der Waals surface area (Å²) in [6.45, 7) is 4.61. The summed E-state index contributed by atoms with van der Waals surface area (Å²) >= 11 is 0. The van der Waals surface area contributed by atoms with Gasteiger partial charge in [0.15, 0.2) is 12.4 Å². The Morgan fingerprint density at radius 1 is 0.534 bits per heavy atom. The predicted octanol–water partition coefficient (Wildman–Crippen LogP) is 11.1. The molecule has 0 aromatic rings. The highest BCUT2D eigenvalue weighted by molar-refractivity contribution is 5.70. The average molecular weight is 818 g/mol. The van der Waals surface area contributed by atoms with E-state index < -0.39 is 24.3 Å². The molecule has 2 atom stereocenters. The molecular formula is C49H87NO8. The molecule has 0 heterocycles. The molecule has 0 aromatic carbocycles. The average Bonchev–Trinajstić information content (AvgIpc) is 3.18. The van der Waals surface area contributed by atoms with Crippen LogP contribution in [0.1, 0.15) is 187 Å². The van der Waals surface area contributed by atoms with Gasteiger partial charge in [-0.15, -0.1) is 0 Å². The van der Waals surface area contributed by atoms with Gasteiger partial charge in [-0.05, 0) is 51.4 Å². The number of ether oxygens (including phenoxy) is 4. The third-order valence-electron chi connectivity index (χ3n) is 9.84. The molecule has 0 aromatic heterocycles. The number of hydrogen-bond donors (Lipinski definition) is 0. The van der Waals surface area contributed by atoms with Crippen molar-refractivity contribution in [2.45, 2.75) is 200 Å². The molecule has 0 radical (unpaired) electrons. The lowest BCUT2D eigenvalue weighted by molar-refractivity contribution is -0.870. The van der Waals surface area contributed by atoms with Gasteiger partial charge in [-0.25, -0.2) is 0 Å². The Balaban J connectivity index is 4.44. The number of likely N-dealkylation sites (N-methyl/N-ethyl adjacent to an activating group) is 1. The van der Waals surface area contributed by atoms with Gasteiger partial charge >= 0.3 is 11.9 Å². The molecule has 0 N–H and O–H groups in total. The van der Waals surface area contributed by atoms with Gasteiger partial charge in [0, 0.05) is 12.8 Å². The van der Waals surface area contributed by atoms with Gasteiger partial charge in [0.05, 0.1) is 40.3 Å². The fraction of sp³-hybridized carbons (Fsp3) is 0.776. The van der Waals surface area contributed by atoms with Gasteiger partial charge in [0.1, 0.15) is 13.2 Å². The van der Waals surface area contributed by atoms with Crippen molar-refractivity contribution in [3.05, 3.63) is 48.6 Å². The zero-order valence-electron chi connectivity index (χ0n) is 37.9. The fourth-order valence-electron chi connectivity index (χ4n) is 6.23. The lowest BCUT2D eigenvalue weighted by Crippen LogP contribution is -2.44. The number of allylic oxidation sites excluding steroid dienone is 8. The Morgan fingerprint density at radius 3 is 1.47 bits per heavy atom. The number of esters is 2. The molecule has 9 nitrogen and oxygen atoms in total. The largest absolute Gasteiger partial charge is 0.545 e. The maximum Gasteiger partial charge on any atom is 0.306 e. The first-order chi connectivity index (χ1) is 28.1. The van der Waals surface area contributed by atoms with Crippen LogP contribution >= 0.6 is 0 Å². The minimum atomic E-state index is -1.62. The Hall–Kier alpha value is -2.75. The van der Waals surface area contributed by atoms with E-state index in [1.54, 1.807) is 0 Å². The highest BCUT2D eigenvalue weighted by Gasteiger charge is 2.21. The Bertz CT molecular complexity index is 1090. The SMILES string of the molecule is CC/C=C\C/C=C\C/C=C\C/C=C\CCCCCCCCC(=O)OC(COC(=O)CCCCCCCCCCCCCCCC)COC(OCC[N+](C)(C)C)C(=O)[O-]. The second-order valence-electron chi connectivity index (χ2n) is 16.7. The Kier molecular flexibility index (Phi) is 39.1. The summed E-state index contributed by atoms with van der Waals surface area (Å²) in [4.78, 5) is 37.0. The van der Waals surface area contributed by atoms with Crippen LogP contribution in [0.2, 0.25) is 0 Å². The highest BCUT2D eigenvalue weighted by Crippen LogP contribution is 2.15. The summed E-state index contributed by atoms with van der Waals surface area (Å²) in [5.74, 6) is -2.30. The second kappa shape index (κ2) is 41.0. The normalized spacial score (nSPS) is 13.3. The first-order valence-corrected chi connectivity index (χ1v) is 23.3. The van der Waals surface area contributed by atoms with E-state index in [9.17, 15) is 19.5 Å². The molecule has 336 valence electrons. The van der Waals surface area contributed by atoms with Gasteiger partial charge in [-0.1, -0.05) is 172 Å². The number of aliphatic carboxylic acids is 1. The molecule has 0 amide bonds. The topological polar surface area (TPSA) is 111 Å². The van der Waals surface area contributed by atoms with Crippen LogP contribution in [0.5, 0.6) is 0 Å². The number of carbonyl (C=O) groups excluding carboxylic acids is 3. The van der Waals surface area contributed by atoms with Crippen molar-refractivity contribution in [3.63, 3.8) is 0 Å². The van der Waals surface area contributed by atoms with E-state index in [1.807, 2.05) is 21.1 Å². The van der Waals surface area contributed by atoms with Crippen LogP contribution in [-0.4, -0.2) is 82.3 Å². The zero-order chi connectivity index (χ0) is 42.8. The molecule has 0 aliphatic heterocycles.